The van der Waals surface area contributed by atoms with Gasteiger partial charge in [0.2, 0.25) is 0 Å². The molecule has 7 heteroatoms. The molecule has 0 spiro atoms. The van der Waals surface area contributed by atoms with Crippen LogP contribution in [0.1, 0.15) is 5.56 Å². The molecule has 0 unspecified atom stereocenters. The van der Waals surface area contributed by atoms with E-state index in [1.54, 1.807) is 18.2 Å². The topological polar surface area (TPSA) is 67.8 Å². The van der Waals surface area contributed by atoms with E-state index < -0.39 is 11.2 Å². The standard InChI is InChI=1S/C10H7Cl2N3O2/c11-7-3-1-2-6(9(7)12)5-15-10(17)14-8(16)4-13-15/h1-4H,5H2,(H,14,16,17). The van der Waals surface area contributed by atoms with E-state index in [1.165, 1.54) is 0 Å². The van der Waals surface area contributed by atoms with Crippen LogP contribution in [-0.2, 0) is 6.54 Å². The number of hydrogen-bond donors (Lipinski definition) is 1. The number of hydrogen-bond acceptors (Lipinski definition) is 3. The van der Waals surface area contributed by atoms with Gasteiger partial charge in [-0.3, -0.25) is 9.78 Å². The Labute approximate surface area is 106 Å². The van der Waals surface area contributed by atoms with Crippen molar-refractivity contribution in [3.8, 4) is 0 Å². The third-order valence-corrected chi connectivity index (χ3v) is 2.99. The summed E-state index contributed by atoms with van der Waals surface area (Å²) in [6.45, 7) is 0.148. The van der Waals surface area contributed by atoms with Gasteiger partial charge in [0.1, 0.15) is 6.20 Å². The van der Waals surface area contributed by atoms with Gasteiger partial charge >= 0.3 is 5.69 Å². The van der Waals surface area contributed by atoms with Crippen LogP contribution >= 0.6 is 23.2 Å². The molecule has 0 saturated carbocycles. The molecule has 2 rings (SSSR count). The van der Waals surface area contributed by atoms with E-state index >= 15 is 0 Å². The van der Waals surface area contributed by atoms with Gasteiger partial charge in [-0.2, -0.15) is 5.10 Å². The average Bonchev–Trinajstić information content (AvgIpc) is 2.28. The van der Waals surface area contributed by atoms with Crippen LogP contribution in [0.3, 0.4) is 0 Å². The third kappa shape index (κ3) is 2.57. The van der Waals surface area contributed by atoms with Crippen LogP contribution in [0.5, 0.6) is 0 Å². The van der Waals surface area contributed by atoms with Gasteiger partial charge in [-0.1, -0.05) is 35.3 Å². The van der Waals surface area contributed by atoms with Gasteiger partial charge < -0.3 is 0 Å². The maximum absolute atomic E-state index is 11.4. The minimum absolute atomic E-state index is 0.148. The number of aromatic amines is 1. The first-order valence-electron chi connectivity index (χ1n) is 4.67. The summed E-state index contributed by atoms with van der Waals surface area (Å²) in [5.74, 6) is 0. The third-order valence-electron chi connectivity index (χ3n) is 2.13. The lowest BCUT2D eigenvalue weighted by molar-refractivity contribution is 0.607. The molecule has 17 heavy (non-hydrogen) atoms. The normalized spacial score (nSPS) is 10.5. The molecule has 5 nitrogen and oxygen atoms in total. The molecule has 1 aromatic heterocycles. The van der Waals surface area contributed by atoms with Crippen molar-refractivity contribution in [3.05, 3.63) is 60.8 Å². The molecule has 0 saturated heterocycles. The van der Waals surface area contributed by atoms with Crippen LogP contribution in [-0.4, -0.2) is 14.8 Å². The van der Waals surface area contributed by atoms with E-state index in [0.717, 1.165) is 10.9 Å². The van der Waals surface area contributed by atoms with Gasteiger partial charge in [0, 0.05) is 0 Å². The zero-order valence-corrected chi connectivity index (χ0v) is 10.00. The zero-order chi connectivity index (χ0) is 12.4. The van der Waals surface area contributed by atoms with Crippen molar-refractivity contribution in [1.82, 2.24) is 14.8 Å². The molecular formula is C10H7Cl2N3O2. The SMILES string of the molecule is O=c1cnn(Cc2cccc(Cl)c2Cl)c(=O)[nH]1. The Morgan fingerprint density at radius 1 is 1.29 bits per heavy atom. The van der Waals surface area contributed by atoms with Crippen molar-refractivity contribution < 1.29 is 0 Å². The number of benzene rings is 1. The molecule has 1 aromatic carbocycles. The van der Waals surface area contributed by atoms with E-state index in [-0.39, 0.29) is 6.54 Å². The van der Waals surface area contributed by atoms with Crippen molar-refractivity contribution in [2.75, 3.05) is 0 Å². The number of H-pyrrole nitrogens is 1. The Hall–Kier alpha value is -1.59. The highest BCUT2D eigenvalue weighted by atomic mass is 35.5. The number of aromatic nitrogens is 3. The average molecular weight is 272 g/mol. The Morgan fingerprint density at radius 2 is 2.06 bits per heavy atom. The van der Waals surface area contributed by atoms with E-state index in [0.29, 0.717) is 15.6 Å². The maximum atomic E-state index is 11.4. The van der Waals surface area contributed by atoms with E-state index in [2.05, 4.69) is 10.1 Å². The van der Waals surface area contributed by atoms with Crippen molar-refractivity contribution in [3.63, 3.8) is 0 Å². The van der Waals surface area contributed by atoms with Gasteiger partial charge in [-0.25, -0.2) is 9.48 Å². The fraction of sp³-hybridized carbons (Fsp3) is 0.100. The number of nitrogens with zero attached hydrogens (tertiary/aromatic N) is 2. The fourth-order valence-electron chi connectivity index (χ4n) is 1.32. The second-order valence-corrected chi connectivity index (χ2v) is 4.09. The first kappa shape index (κ1) is 11.9. The monoisotopic (exact) mass is 271 g/mol. The Bertz CT molecular complexity index is 663. The largest absolute Gasteiger partial charge is 0.345 e. The van der Waals surface area contributed by atoms with Gasteiger partial charge in [0.15, 0.2) is 0 Å². The lowest BCUT2D eigenvalue weighted by Crippen LogP contribution is -2.31. The quantitative estimate of drug-likeness (QED) is 0.895. The van der Waals surface area contributed by atoms with Crippen LogP contribution in [0.25, 0.3) is 0 Å². The highest BCUT2D eigenvalue weighted by Gasteiger charge is 2.06. The molecule has 1 N–H and O–H groups in total. The summed E-state index contributed by atoms with van der Waals surface area (Å²) in [4.78, 5) is 24.4. The predicted octanol–water partition coefficient (Wildman–Crippen LogP) is 1.29. The summed E-state index contributed by atoms with van der Waals surface area (Å²) in [5, 5.41) is 4.48. The van der Waals surface area contributed by atoms with Gasteiger partial charge in [-0.05, 0) is 11.6 Å². The first-order chi connectivity index (χ1) is 8.08. The highest BCUT2D eigenvalue weighted by molar-refractivity contribution is 6.42. The van der Waals surface area contributed by atoms with Crippen LogP contribution in [0.2, 0.25) is 10.0 Å². The second kappa shape index (κ2) is 4.73. The Balaban J connectivity index is 2.42. The van der Waals surface area contributed by atoms with Gasteiger partial charge in [0.25, 0.3) is 5.56 Å². The molecule has 0 aliphatic rings. The van der Waals surface area contributed by atoms with Crippen LogP contribution in [0.4, 0.5) is 0 Å². The van der Waals surface area contributed by atoms with Crippen LogP contribution < -0.4 is 11.2 Å². The summed E-state index contributed by atoms with van der Waals surface area (Å²) in [5.41, 5.74) is -0.474. The van der Waals surface area contributed by atoms with E-state index in [1.807, 2.05) is 0 Å². The van der Waals surface area contributed by atoms with Crippen molar-refractivity contribution >= 4 is 23.2 Å². The molecule has 0 bridgehead atoms. The molecule has 0 aliphatic carbocycles. The second-order valence-electron chi connectivity index (χ2n) is 3.31. The lowest BCUT2D eigenvalue weighted by atomic mass is 10.2. The van der Waals surface area contributed by atoms with Gasteiger partial charge in [0.05, 0.1) is 16.6 Å². The Kier molecular flexibility index (Phi) is 3.31. The van der Waals surface area contributed by atoms with E-state index in [9.17, 15) is 9.59 Å². The molecule has 0 radical (unpaired) electrons. The van der Waals surface area contributed by atoms with Crippen molar-refractivity contribution in [2.24, 2.45) is 0 Å². The number of halogens is 2. The van der Waals surface area contributed by atoms with Crippen LogP contribution in [0.15, 0.2) is 34.0 Å². The zero-order valence-electron chi connectivity index (χ0n) is 8.48. The number of rotatable bonds is 2. The summed E-state index contributed by atoms with van der Waals surface area (Å²) >= 11 is 11.8. The van der Waals surface area contributed by atoms with Gasteiger partial charge in [-0.15, -0.1) is 0 Å². The fourth-order valence-corrected chi connectivity index (χ4v) is 1.70. The lowest BCUT2D eigenvalue weighted by Gasteiger charge is -2.06. The molecule has 1 heterocycles. The molecule has 0 amide bonds. The minimum Gasteiger partial charge on any atom is -0.271 e. The van der Waals surface area contributed by atoms with Crippen molar-refractivity contribution in [1.29, 1.82) is 0 Å². The summed E-state index contributed by atoms with van der Waals surface area (Å²) in [7, 11) is 0. The molecule has 0 fully saturated rings. The van der Waals surface area contributed by atoms with E-state index in [4.69, 9.17) is 23.2 Å². The highest BCUT2D eigenvalue weighted by Crippen LogP contribution is 2.25. The first-order valence-corrected chi connectivity index (χ1v) is 5.43. The maximum Gasteiger partial charge on any atom is 0.345 e. The summed E-state index contributed by atoms with van der Waals surface area (Å²) < 4.78 is 1.10. The molecule has 2 aromatic rings. The smallest absolute Gasteiger partial charge is 0.271 e. The molecular weight excluding hydrogens is 265 g/mol. The predicted molar refractivity (Wildman–Crippen MR) is 64.7 cm³/mol. The van der Waals surface area contributed by atoms with Crippen molar-refractivity contribution in [2.45, 2.75) is 6.54 Å². The minimum atomic E-state index is -0.589. The molecule has 0 aliphatic heterocycles. The summed E-state index contributed by atoms with van der Waals surface area (Å²) in [6.07, 6.45) is 1.03. The molecule has 0 atom stereocenters. The molecule has 88 valence electrons. The Morgan fingerprint density at radius 3 is 2.76 bits per heavy atom. The number of nitrogens with one attached hydrogen (secondary N) is 1. The summed E-state index contributed by atoms with van der Waals surface area (Å²) in [6, 6.07) is 5.10. The van der Waals surface area contributed by atoms with Crippen LogP contribution in [0, 0.1) is 0 Å².